The van der Waals surface area contributed by atoms with Crippen LogP contribution in [0.25, 0.3) is 17.0 Å². The number of aliphatic hydroxyl groups excluding tert-OH is 1. The summed E-state index contributed by atoms with van der Waals surface area (Å²) in [4.78, 5) is 51.5. The van der Waals surface area contributed by atoms with E-state index < -0.39 is 41.4 Å². The molecule has 1 aromatic carbocycles. The Hall–Kier alpha value is -3.91. The van der Waals surface area contributed by atoms with Gasteiger partial charge in [0.2, 0.25) is 11.8 Å². The number of fused-ring (bicyclic) bond motifs is 1. The summed E-state index contributed by atoms with van der Waals surface area (Å²) in [6.07, 6.45) is 4.40. The van der Waals surface area contributed by atoms with Crippen molar-refractivity contribution in [2.45, 2.75) is 72.1 Å². The molecule has 1 aliphatic heterocycles. The van der Waals surface area contributed by atoms with Crippen LogP contribution in [0.3, 0.4) is 0 Å². The number of carbonyl (C=O) groups is 4. The molecular weight excluding hydrogens is 594 g/mol. The number of nitrogens with two attached hydrogens (primary N) is 1. The summed E-state index contributed by atoms with van der Waals surface area (Å²) >= 11 is 0. The van der Waals surface area contributed by atoms with E-state index in [0.717, 1.165) is 28.6 Å². The highest BCUT2D eigenvalue weighted by Crippen LogP contribution is 2.24. The normalized spacial score (nSPS) is 17.6. The number of primary amides is 1. The minimum absolute atomic E-state index is 0.0463. The van der Waals surface area contributed by atoms with E-state index in [9.17, 15) is 29.4 Å². The summed E-state index contributed by atoms with van der Waals surface area (Å²) in [6, 6.07) is 8.60. The van der Waals surface area contributed by atoms with Crippen LogP contribution < -0.4 is 16.5 Å². The molecule has 4 atom stereocenters. The first-order valence-electron chi connectivity index (χ1n) is 15.5. The van der Waals surface area contributed by atoms with Crippen LogP contribution in [0.15, 0.2) is 36.4 Å². The molecule has 254 valence electrons. The van der Waals surface area contributed by atoms with Gasteiger partial charge in [-0.1, -0.05) is 51.1 Å². The fourth-order valence-electron chi connectivity index (χ4n) is 4.65. The Balaban J connectivity index is 0.000000326. The van der Waals surface area contributed by atoms with E-state index in [4.69, 9.17) is 15.2 Å². The number of rotatable bonds is 14. The molecule has 13 nitrogen and oxygen atoms in total. The van der Waals surface area contributed by atoms with Gasteiger partial charge in [-0.25, -0.2) is 5.43 Å². The van der Waals surface area contributed by atoms with Crippen molar-refractivity contribution in [3.8, 4) is 0 Å². The number of benzene rings is 1. The molecule has 1 saturated heterocycles. The molecule has 4 unspecified atom stereocenters. The van der Waals surface area contributed by atoms with E-state index in [1.165, 1.54) is 19.0 Å². The molecule has 46 heavy (non-hydrogen) atoms. The first kappa shape index (κ1) is 38.3. The highest BCUT2D eigenvalue weighted by atomic mass is 16.5. The van der Waals surface area contributed by atoms with Crippen molar-refractivity contribution in [1.82, 2.24) is 20.7 Å². The van der Waals surface area contributed by atoms with Crippen molar-refractivity contribution in [2.24, 2.45) is 17.1 Å². The molecule has 3 amide bonds. The number of aliphatic carboxylic acids is 1. The number of carbonyl (C=O) groups excluding carboxylic acids is 3. The average molecular weight is 644 g/mol. The molecule has 0 aliphatic carbocycles. The van der Waals surface area contributed by atoms with Crippen LogP contribution in [0, 0.1) is 11.3 Å². The Morgan fingerprint density at radius 1 is 1.17 bits per heavy atom. The smallest absolute Gasteiger partial charge is 0.318 e. The molecule has 1 aliphatic rings. The quantitative estimate of drug-likeness (QED) is 0.203. The highest BCUT2D eigenvalue weighted by Gasteiger charge is 2.36. The van der Waals surface area contributed by atoms with Gasteiger partial charge in [0.15, 0.2) is 0 Å². The second-order valence-corrected chi connectivity index (χ2v) is 11.6. The summed E-state index contributed by atoms with van der Waals surface area (Å²) < 4.78 is 10.5. The van der Waals surface area contributed by atoms with Crippen LogP contribution in [-0.2, 0) is 35.1 Å². The molecule has 1 aromatic heterocycles. The number of hydrazine groups is 1. The summed E-state index contributed by atoms with van der Waals surface area (Å²) in [6.45, 7) is 9.85. The lowest BCUT2D eigenvalue weighted by Crippen LogP contribution is -2.60. The molecule has 6 N–H and O–H groups in total. The molecule has 2 aromatic rings. The number of carboxylic acid groups (broad SMARTS) is 1. The second-order valence-electron chi connectivity index (χ2n) is 11.6. The van der Waals surface area contributed by atoms with Crippen molar-refractivity contribution in [3.05, 3.63) is 47.7 Å². The Kier molecular flexibility index (Phi) is 15.2. The number of nitrogens with zero attached hydrogens (tertiary/aromatic N) is 2. The summed E-state index contributed by atoms with van der Waals surface area (Å²) in [5.74, 6) is -2.68. The first-order chi connectivity index (χ1) is 21.8. The zero-order valence-electron chi connectivity index (χ0n) is 27.6. The SMILES string of the molecule is CC(NC(=O)C(O)C(C)C)C(=O)N1CCCC(C(N)=O)N1.CCOCC(/C=C/c1ccc2ccc(CC)nc2c1)(COC)C(=O)O. The average Bonchev–Trinajstić information content (AvgIpc) is 3.04. The molecule has 0 radical (unpaired) electrons. The predicted octanol–water partition coefficient (Wildman–Crippen LogP) is 2.05. The minimum Gasteiger partial charge on any atom is -0.480 e. The largest absolute Gasteiger partial charge is 0.480 e. The summed E-state index contributed by atoms with van der Waals surface area (Å²) in [5.41, 5.74) is 9.59. The molecule has 3 rings (SSSR count). The van der Waals surface area contributed by atoms with Gasteiger partial charge in [0.1, 0.15) is 23.6 Å². The monoisotopic (exact) mass is 643 g/mol. The molecule has 0 bridgehead atoms. The van der Waals surface area contributed by atoms with Crippen molar-refractivity contribution < 1.29 is 38.9 Å². The van der Waals surface area contributed by atoms with E-state index in [1.807, 2.05) is 31.2 Å². The zero-order chi connectivity index (χ0) is 34.4. The number of carboxylic acids is 1. The minimum atomic E-state index is -1.21. The van der Waals surface area contributed by atoms with Gasteiger partial charge in [0, 0.05) is 31.3 Å². The number of amides is 3. The van der Waals surface area contributed by atoms with Gasteiger partial charge in [-0.05, 0) is 56.7 Å². The number of pyridine rings is 1. The number of methoxy groups -OCH3 is 1. The Morgan fingerprint density at radius 3 is 2.46 bits per heavy atom. The molecule has 13 heteroatoms. The molecule has 0 saturated carbocycles. The van der Waals surface area contributed by atoms with Gasteiger partial charge >= 0.3 is 5.97 Å². The van der Waals surface area contributed by atoms with Crippen LogP contribution in [0.2, 0.25) is 0 Å². The van der Waals surface area contributed by atoms with Crippen LogP contribution in [0.5, 0.6) is 0 Å². The molecule has 0 spiro atoms. The third-order valence-corrected chi connectivity index (χ3v) is 7.55. The number of hydrogen-bond acceptors (Lipinski definition) is 9. The fourth-order valence-corrected chi connectivity index (χ4v) is 4.65. The lowest BCUT2D eigenvalue weighted by atomic mass is 9.89. The molecule has 2 heterocycles. The summed E-state index contributed by atoms with van der Waals surface area (Å²) in [5, 5.41) is 24.1. The summed E-state index contributed by atoms with van der Waals surface area (Å²) in [7, 11) is 1.49. The standard InChI is InChI=1S/C20H25NO4.C13H24N4O4/c1-4-17-9-8-16-7-6-15(12-18(16)21-17)10-11-20(13-24-3,19(22)23)14-25-5-2;1-7(2)10(18)12(20)15-8(3)13(21)17-6-4-5-9(16-17)11(14)19/h6-12H,4-5,13-14H2,1-3H3,(H,22,23);7-10,16,18H,4-6H2,1-3H3,(H2,14,19)(H,15,20)/b11-10+;. The Labute approximate surface area is 270 Å². The number of aryl methyl sites for hydroxylation is 1. The van der Waals surface area contributed by atoms with E-state index >= 15 is 0 Å². The van der Waals surface area contributed by atoms with Gasteiger partial charge < -0.3 is 30.7 Å². The van der Waals surface area contributed by atoms with Crippen molar-refractivity contribution in [2.75, 3.05) is 33.5 Å². The predicted molar refractivity (Wildman–Crippen MR) is 174 cm³/mol. The molecular formula is C33H49N5O8. The van der Waals surface area contributed by atoms with Crippen LogP contribution in [0.1, 0.15) is 58.7 Å². The number of nitrogens with one attached hydrogen (secondary N) is 2. The van der Waals surface area contributed by atoms with Crippen LogP contribution in [0.4, 0.5) is 0 Å². The number of hydrogen-bond donors (Lipinski definition) is 5. The number of ether oxygens (including phenoxy) is 2. The maximum atomic E-state index is 12.2. The van der Waals surface area contributed by atoms with Gasteiger partial charge in [-0.3, -0.25) is 29.2 Å². The van der Waals surface area contributed by atoms with Crippen molar-refractivity contribution in [3.63, 3.8) is 0 Å². The lowest BCUT2D eigenvalue weighted by molar-refractivity contribution is -0.152. The number of aliphatic hydroxyl groups is 1. The third-order valence-electron chi connectivity index (χ3n) is 7.55. The number of aromatic nitrogens is 1. The van der Waals surface area contributed by atoms with E-state index in [1.54, 1.807) is 26.0 Å². The molecule has 1 fully saturated rings. The zero-order valence-corrected chi connectivity index (χ0v) is 27.6. The van der Waals surface area contributed by atoms with E-state index in [-0.39, 0.29) is 25.0 Å². The second kappa shape index (κ2) is 18.3. The van der Waals surface area contributed by atoms with Gasteiger partial charge in [-0.2, -0.15) is 0 Å². The van der Waals surface area contributed by atoms with Gasteiger partial charge in [-0.15, -0.1) is 0 Å². The topological polar surface area (TPSA) is 193 Å². The maximum Gasteiger partial charge on any atom is 0.318 e. The van der Waals surface area contributed by atoms with Gasteiger partial charge in [0.25, 0.3) is 5.91 Å². The Bertz CT molecular complexity index is 1370. The third kappa shape index (κ3) is 10.9. The van der Waals surface area contributed by atoms with Crippen LogP contribution in [-0.4, -0.2) is 95.6 Å². The fraction of sp³-hybridized carbons (Fsp3) is 0.545. The lowest BCUT2D eigenvalue weighted by Gasteiger charge is -2.34. The van der Waals surface area contributed by atoms with Crippen molar-refractivity contribution >= 4 is 40.7 Å². The van der Waals surface area contributed by atoms with E-state index in [0.29, 0.717) is 26.0 Å². The van der Waals surface area contributed by atoms with Crippen molar-refractivity contribution in [1.29, 1.82) is 0 Å². The van der Waals surface area contributed by atoms with Crippen LogP contribution >= 0.6 is 0 Å². The highest BCUT2D eigenvalue weighted by molar-refractivity contribution is 5.89. The Morgan fingerprint density at radius 2 is 1.87 bits per heavy atom. The van der Waals surface area contributed by atoms with Gasteiger partial charge in [0.05, 0.1) is 18.7 Å². The maximum absolute atomic E-state index is 12.2. The van der Waals surface area contributed by atoms with E-state index in [2.05, 4.69) is 28.7 Å². The first-order valence-corrected chi connectivity index (χ1v) is 15.5.